The molecule has 1 atom stereocenters. The lowest BCUT2D eigenvalue weighted by molar-refractivity contribution is -0.162. The lowest BCUT2D eigenvalue weighted by Crippen LogP contribution is -2.73. The number of hydrogen-bond donors (Lipinski definition) is 1. The van der Waals surface area contributed by atoms with Crippen LogP contribution in [0.5, 0.6) is 5.75 Å². The van der Waals surface area contributed by atoms with Crippen molar-refractivity contribution in [1.82, 2.24) is 24.9 Å². The van der Waals surface area contributed by atoms with Crippen molar-refractivity contribution >= 4 is 11.8 Å². The van der Waals surface area contributed by atoms with Crippen LogP contribution >= 0.6 is 0 Å². The van der Waals surface area contributed by atoms with Gasteiger partial charge < -0.3 is 15.0 Å². The van der Waals surface area contributed by atoms with E-state index in [0.29, 0.717) is 25.3 Å². The van der Waals surface area contributed by atoms with Crippen LogP contribution in [0.25, 0.3) is 5.69 Å². The molecule has 0 radical (unpaired) electrons. The molecule has 2 amide bonds. The van der Waals surface area contributed by atoms with E-state index in [2.05, 4.69) is 31.0 Å². The quantitative estimate of drug-likeness (QED) is 0.480. The van der Waals surface area contributed by atoms with Crippen molar-refractivity contribution in [1.29, 1.82) is 0 Å². The summed E-state index contributed by atoms with van der Waals surface area (Å²) in [6.45, 7) is 9.37. The van der Waals surface area contributed by atoms with Crippen LogP contribution < -0.4 is 10.1 Å². The molecule has 8 nitrogen and oxygen atoms in total. The van der Waals surface area contributed by atoms with Gasteiger partial charge >= 0.3 is 0 Å². The monoisotopic (exact) mass is 549 g/mol. The molecule has 3 aliphatic rings. The molecule has 1 saturated carbocycles. The summed E-state index contributed by atoms with van der Waals surface area (Å²) in [6, 6.07) is 7.60. The number of ether oxygens (including phenoxy) is 1. The predicted molar refractivity (Wildman–Crippen MR) is 157 cm³/mol. The SMILES string of the molecule is CCCCN1C(=O)C(CC2CCCCC2)NC(=O)C12CCN(Cc1c(C)nn(-c3ccc(OC)cc3)c1C)CC2. The van der Waals surface area contributed by atoms with Crippen molar-refractivity contribution in [2.45, 2.75) is 103 Å². The normalized spacial score (nSPS) is 22.1. The number of nitrogens with zero attached hydrogens (tertiary/aromatic N) is 4. The molecule has 3 fully saturated rings. The van der Waals surface area contributed by atoms with E-state index in [4.69, 9.17) is 9.84 Å². The highest BCUT2D eigenvalue weighted by Crippen LogP contribution is 2.36. The highest BCUT2D eigenvalue weighted by atomic mass is 16.5. The third kappa shape index (κ3) is 5.65. The second-order valence-electron chi connectivity index (χ2n) is 12.2. The molecule has 1 aromatic carbocycles. The predicted octanol–water partition coefficient (Wildman–Crippen LogP) is 4.93. The second-order valence-corrected chi connectivity index (χ2v) is 12.2. The molecule has 2 aliphatic heterocycles. The Morgan fingerprint density at radius 2 is 1.75 bits per heavy atom. The summed E-state index contributed by atoms with van der Waals surface area (Å²) in [5, 5.41) is 8.06. The summed E-state index contributed by atoms with van der Waals surface area (Å²) in [7, 11) is 1.67. The van der Waals surface area contributed by atoms with Crippen molar-refractivity contribution in [3.63, 3.8) is 0 Å². The number of aryl methyl sites for hydroxylation is 1. The van der Waals surface area contributed by atoms with Crippen molar-refractivity contribution in [3.8, 4) is 11.4 Å². The highest BCUT2D eigenvalue weighted by molar-refractivity contribution is 6.00. The molecule has 218 valence electrons. The number of piperidine rings is 1. The summed E-state index contributed by atoms with van der Waals surface area (Å²) >= 11 is 0. The van der Waals surface area contributed by atoms with E-state index in [0.717, 1.165) is 61.7 Å². The minimum Gasteiger partial charge on any atom is -0.497 e. The minimum absolute atomic E-state index is 0.0725. The van der Waals surface area contributed by atoms with Crippen LogP contribution in [0, 0.1) is 19.8 Å². The molecule has 1 unspecified atom stereocenters. The molecule has 0 bridgehead atoms. The number of aromatic nitrogens is 2. The van der Waals surface area contributed by atoms with Gasteiger partial charge in [0, 0.05) is 37.4 Å². The van der Waals surface area contributed by atoms with Crippen LogP contribution in [0.2, 0.25) is 0 Å². The van der Waals surface area contributed by atoms with Gasteiger partial charge in [0.05, 0.1) is 18.5 Å². The van der Waals surface area contributed by atoms with E-state index in [9.17, 15) is 9.59 Å². The third-order valence-corrected chi connectivity index (χ3v) is 9.66. The van der Waals surface area contributed by atoms with Crippen LogP contribution in [0.4, 0.5) is 0 Å². The smallest absolute Gasteiger partial charge is 0.246 e. The maximum absolute atomic E-state index is 13.8. The second kappa shape index (κ2) is 12.3. The third-order valence-electron chi connectivity index (χ3n) is 9.66. The fraction of sp³-hybridized carbons (Fsp3) is 0.656. The molecule has 1 aromatic heterocycles. The number of nitrogens with one attached hydrogen (secondary N) is 1. The largest absolute Gasteiger partial charge is 0.497 e. The maximum Gasteiger partial charge on any atom is 0.246 e. The van der Waals surface area contributed by atoms with E-state index < -0.39 is 5.54 Å². The average molecular weight is 550 g/mol. The van der Waals surface area contributed by atoms with Gasteiger partial charge in [-0.15, -0.1) is 0 Å². The van der Waals surface area contributed by atoms with Crippen LogP contribution in [-0.2, 0) is 16.1 Å². The first-order valence-corrected chi connectivity index (χ1v) is 15.4. The summed E-state index contributed by atoms with van der Waals surface area (Å²) < 4.78 is 7.31. The van der Waals surface area contributed by atoms with Crippen molar-refractivity contribution in [2.24, 2.45) is 5.92 Å². The van der Waals surface area contributed by atoms with Gasteiger partial charge in [0.2, 0.25) is 11.8 Å². The zero-order valence-electron chi connectivity index (χ0n) is 24.9. The Balaban J connectivity index is 1.28. The maximum atomic E-state index is 13.8. The molecular formula is C32H47N5O3. The Morgan fingerprint density at radius 1 is 1.05 bits per heavy atom. The van der Waals surface area contributed by atoms with E-state index in [1.54, 1.807) is 7.11 Å². The molecule has 1 spiro atoms. The Kier molecular flexibility index (Phi) is 8.83. The lowest BCUT2D eigenvalue weighted by Gasteiger charge is -2.52. The van der Waals surface area contributed by atoms with Crippen LogP contribution in [0.1, 0.15) is 88.1 Å². The average Bonchev–Trinajstić information content (AvgIpc) is 3.26. The number of rotatable bonds is 9. The van der Waals surface area contributed by atoms with E-state index in [1.807, 2.05) is 33.8 Å². The van der Waals surface area contributed by atoms with Gasteiger partial charge in [0.25, 0.3) is 0 Å². The van der Waals surface area contributed by atoms with E-state index >= 15 is 0 Å². The molecule has 3 heterocycles. The van der Waals surface area contributed by atoms with E-state index in [1.165, 1.54) is 37.7 Å². The standard InChI is InChI=1S/C32H47N5O3/c1-5-6-18-36-30(38)29(21-25-10-8-7-9-11-25)33-31(39)32(36)16-19-35(20-17-32)22-28-23(2)34-37(24(28)3)26-12-14-27(40-4)15-13-26/h12-15,25,29H,5-11,16-22H2,1-4H3,(H,33,39). The zero-order valence-corrected chi connectivity index (χ0v) is 24.9. The topological polar surface area (TPSA) is 79.7 Å². The Hall–Kier alpha value is -2.87. The van der Waals surface area contributed by atoms with Crippen molar-refractivity contribution in [2.75, 3.05) is 26.7 Å². The first-order chi connectivity index (χ1) is 19.4. The van der Waals surface area contributed by atoms with Crippen LogP contribution in [0.15, 0.2) is 24.3 Å². The molecule has 2 saturated heterocycles. The summed E-state index contributed by atoms with van der Waals surface area (Å²) in [6.07, 6.45) is 10.3. The fourth-order valence-corrected chi connectivity index (χ4v) is 7.11. The van der Waals surface area contributed by atoms with Crippen molar-refractivity contribution < 1.29 is 14.3 Å². The summed E-state index contributed by atoms with van der Waals surface area (Å²) in [4.78, 5) is 32.0. The number of unbranched alkanes of at least 4 members (excludes halogenated alkanes) is 1. The zero-order chi connectivity index (χ0) is 28.3. The number of likely N-dealkylation sites (tertiary alicyclic amines) is 1. The molecule has 2 aromatic rings. The summed E-state index contributed by atoms with van der Waals surface area (Å²) in [5.74, 6) is 1.60. The number of hydrogen-bond acceptors (Lipinski definition) is 5. The van der Waals surface area contributed by atoms with Crippen molar-refractivity contribution in [3.05, 3.63) is 41.2 Å². The fourth-order valence-electron chi connectivity index (χ4n) is 7.11. The first-order valence-electron chi connectivity index (χ1n) is 15.4. The van der Waals surface area contributed by atoms with Gasteiger partial charge in [-0.05, 0) is 69.7 Å². The minimum atomic E-state index is -0.719. The number of methoxy groups -OCH3 is 1. The molecule has 1 aliphatic carbocycles. The van der Waals surface area contributed by atoms with Crippen LogP contribution in [-0.4, -0.2) is 69.7 Å². The van der Waals surface area contributed by atoms with Crippen LogP contribution in [0.3, 0.4) is 0 Å². The van der Waals surface area contributed by atoms with Gasteiger partial charge in [-0.2, -0.15) is 5.10 Å². The lowest BCUT2D eigenvalue weighted by atomic mass is 9.79. The van der Waals surface area contributed by atoms with Gasteiger partial charge in [0.15, 0.2) is 0 Å². The molecule has 5 rings (SSSR count). The Labute approximate surface area is 239 Å². The Bertz CT molecular complexity index is 1180. The molecule has 8 heteroatoms. The first kappa shape index (κ1) is 28.7. The van der Waals surface area contributed by atoms with Gasteiger partial charge in [-0.3, -0.25) is 14.5 Å². The number of carbonyl (C=O) groups excluding carboxylic acids is 2. The number of benzene rings is 1. The summed E-state index contributed by atoms with van der Waals surface area (Å²) in [5.41, 5.74) is 3.67. The molecule has 1 N–H and O–H groups in total. The van der Waals surface area contributed by atoms with Gasteiger partial charge in [-0.25, -0.2) is 4.68 Å². The number of carbonyl (C=O) groups is 2. The van der Waals surface area contributed by atoms with Gasteiger partial charge in [-0.1, -0.05) is 45.4 Å². The van der Waals surface area contributed by atoms with E-state index in [-0.39, 0.29) is 17.9 Å². The molecule has 40 heavy (non-hydrogen) atoms. The van der Waals surface area contributed by atoms with Gasteiger partial charge in [0.1, 0.15) is 17.3 Å². The number of piperazine rings is 1. The Morgan fingerprint density at radius 3 is 2.40 bits per heavy atom. The number of amides is 2. The highest BCUT2D eigenvalue weighted by Gasteiger charge is 2.53. The molecular weight excluding hydrogens is 502 g/mol.